The Morgan fingerprint density at radius 3 is 2.54 bits per heavy atom. The molecule has 0 bridgehead atoms. The third-order valence-electron chi connectivity index (χ3n) is 3.48. The lowest BCUT2D eigenvalue weighted by Gasteiger charge is -2.40. The first-order valence-electron chi connectivity index (χ1n) is 7.59. The van der Waals surface area contributed by atoms with Crippen LogP contribution in [0.25, 0.3) is 0 Å². The van der Waals surface area contributed by atoms with Gasteiger partial charge in [0.15, 0.2) is 5.69 Å². The summed E-state index contributed by atoms with van der Waals surface area (Å²) in [4.78, 5) is 34.6. The Morgan fingerprint density at radius 1 is 1.33 bits per heavy atom. The summed E-state index contributed by atoms with van der Waals surface area (Å²) in [7, 11) is 0. The third kappa shape index (κ3) is 4.47. The zero-order chi connectivity index (χ0) is 18.1. The molecule has 1 amide bonds. The van der Waals surface area contributed by atoms with Crippen molar-refractivity contribution in [1.29, 1.82) is 0 Å². The molecule has 0 saturated carbocycles. The summed E-state index contributed by atoms with van der Waals surface area (Å²) in [6.07, 6.45) is -0.360. The highest BCUT2D eigenvalue weighted by Crippen LogP contribution is 2.22. The first kappa shape index (κ1) is 18.3. The van der Waals surface area contributed by atoms with Gasteiger partial charge in [0.1, 0.15) is 11.4 Å². The summed E-state index contributed by atoms with van der Waals surface area (Å²) in [6, 6.07) is 1.31. The fourth-order valence-electron chi connectivity index (χ4n) is 2.45. The second-order valence-corrected chi connectivity index (χ2v) is 6.99. The van der Waals surface area contributed by atoms with Gasteiger partial charge in [-0.05, 0) is 39.3 Å². The molecular formula is C15H21ClN4O4. The summed E-state index contributed by atoms with van der Waals surface area (Å²) in [5, 5.41) is 8.97. The van der Waals surface area contributed by atoms with Gasteiger partial charge in [0.25, 0.3) is 0 Å². The van der Waals surface area contributed by atoms with Crippen molar-refractivity contribution in [2.24, 2.45) is 0 Å². The van der Waals surface area contributed by atoms with E-state index in [1.807, 2.05) is 32.6 Å². The molecule has 1 saturated heterocycles. The standard InChI is InChI=1S/C15H21ClN4O4/c1-9-8-19(14(23)24-15(2,3)4)5-6-20(9)11-7-10(12(21)22)17-13(16)18-11/h7,9H,5-6,8H2,1-4H3,(H,21,22). The van der Waals surface area contributed by atoms with Gasteiger partial charge in [0.05, 0.1) is 0 Å². The minimum absolute atomic E-state index is 0.0705. The normalized spacial score (nSPS) is 18.5. The van der Waals surface area contributed by atoms with Crippen molar-refractivity contribution >= 4 is 29.5 Å². The highest BCUT2D eigenvalue weighted by molar-refractivity contribution is 6.28. The molecule has 1 atom stereocenters. The Bertz CT molecular complexity index is 647. The zero-order valence-electron chi connectivity index (χ0n) is 14.1. The van der Waals surface area contributed by atoms with Crippen molar-refractivity contribution in [3.8, 4) is 0 Å². The lowest BCUT2D eigenvalue weighted by molar-refractivity contribution is 0.0218. The predicted octanol–water partition coefficient (Wildman–Crippen LogP) is 2.27. The highest BCUT2D eigenvalue weighted by Gasteiger charge is 2.31. The van der Waals surface area contributed by atoms with E-state index in [0.29, 0.717) is 25.5 Å². The summed E-state index contributed by atoms with van der Waals surface area (Å²) < 4.78 is 5.38. The Hall–Kier alpha value is -2.09. The summed E-state index contributed by atoms with van der Waals surface area (Å²) in [6.45, 7) is 8.77. The predicted molar refractivity (Wildman–Crippen MR) is 88.6 cm³/mol. The van der Waals surface area contributed by atoms with E-state index in [9.17, 15) is 9.59 Å². The van der Waals surface area contributed by atoms with Crippen LogP contribution in [0.4, 0.5) is 10.6 Å². The fraction of sp³-hybridized carbons (Fsp3) is 0.600. The number of piperazine rings is 1. The van der Waals surface area contributed by atoms with Gasteiger partial charge in [-0.1, -0.05) is 0 Å². The van der Waals surface area contributed by atoms with E-state index in [1.165, 1.54) is 6.07 Å². The molecule has 8 nitrogen and oxygen atoms in total. The number of carbonyl (C=O) groups is 2. The van der Waals surface area contributed by atoms with Crippen molar-refractivity contribution in [3.63, 3.8) is 0 Å². The van der Waals surface area contributed by atoms with E-state index in [0.717, 1.165) is 0 Å². The summed E-state index contributed by atoms with van der Waals surface area (Å²) in [5.74, 6) is -0.732. The number of hydrogen-bond donors (Lipinski definition) is 1. The Balaban J connectivity index is 2.11. The van der Waals surface area contributed by atoms with Crippen molar-refractivity contribution in [2.75, 3.05) is 24.5 Å². The molecule has 132 valence electrons. The van der Waals surface area contributed by atoms with Crippen molar-refractivity contribution < 1.29 is 19.4 Å². The second kappa shape index (κ2) is 6.80. The lowest BCUT2D eigenvalue weighted by atomic mass is 10.2. The maximum Gasteiger partial charge on any atom is 0.410 e. The fourth-order valence-corrected chi connectivity index (χ4v) is 2.63. The van der Waals surface area contributed by atoms with Crippen LogP contribution in [0.1, 0.15) is 38.2 Å². The van der Waals surface area contributed by atoms with Crippen LogP contribution in [0.2, 0.25) is 5.28 Å². The van der Waals surface area contributed by atoms with Gasteiger partial charge in [-0.25, -0.2) is 19.6 Å². The molecule has 9 heteroatoms. The molecule has 2 heterocycles. The molecule has 2 rings (SSSR count). The minimum Gasteiger partial charge on any atom is -0.477 e. The number of carboxylic acid groups (broad SMARTS) is 1. The number of rotatable bonds is 2. The van der Waals surface area contributed by atoms with E-state index in [4.69, 9.17) is 21.4 Å². The van der Waals surface area contributed by atoms with Crippen LogP contribution in [0.5, 0.6) is 0 Å². The molecule has 1 aliphatic rings. The number of carbonyl (C=O) groups excluding carboxylic acids is 1. The smallest absolute Gasteiger partial charge is 0.410 e. The van der Waals surface area contributed by atoms with E-state index >= 15 is 0 Å². The molecule has 1 aromatic rings. The Morgan fingerprint density at radius 2 is 2.00 bits per heavy atom. The number of hydrogen-bond acceptors (Lipinski definition) is 6. The van der Waals surface area contributed by atoms with E-state index in [2.05, 4.69) is 9.97 Å². The van der Waals surface area contributed by atoms with Crippen LogP contribution in [0.3, 0.4) is 0 Å². The van der Waals surface area contributed by atoms with Crippen LogP contribution in [0, 0.1) is 0 Å². The molecule has 1 N–H and O–H groups in total. The van der Waals surface area contributed by atoms with Crippen LogP contribution in [-0.2, 0) is 4.74 Å². The van der Waals surface area contributed by atoms with Crippen LogP contribution >= 0.6 is 11.6 Å². The van der Waals surface area contributed by atoms with Gasteiger partial charge >= 0.3 is 12.1 Å². The number of halogens is 1. The largest absolute Gasteiger partial charge is 0.477 e. The molecular weight excluding hydrogens is 336 g/mol. The molecule has 24 heavy (non-hydrogen) atoms. The third-order valence-corrected chi connectivity index (χ3v) is 3.65. The minimum atomic E-state index is -1.17. The number of nitrogens with zero attached hydrogens (tertiary/aromatic N) is 4. The maximum absolute atomic E-state index is 12.2. The molecule has 1 aromatic heterocycles. The van der Waals surface area contributed by atoms with Gasteiger partial charge in [0, 0.05) is 31.7 Å². The first-order chi connectivity index (χ1) is 11.1. The number of aromatic nitrogens is 2. The topological polar surface area (TPSA) is 95.9 Å². The molecule has 1 fully saturated rings. The molecule has 0 spiro atoms. The van der Waals surface area contributed by atoms with E-state index in [-0.39, 0.29) is 23.1 Å². The second-order valence-electron chi connectivity index (χ2n) is 6.65. The van der Waals surface area contributed by atoms with Crippen LogP contribution < -0.4 is 4.90 Å². The number of carboxylic acids is 1. The molecule has 1 aliphatic heterocycles. The highest BCUT2D eigenvalue weighted by atomic mass is 35.5. The lowest BCUT2D eigenvalue weighted by Crippen LogP contribution is -2.54. The molecule has 1 unspecified atom stereocenters. The molecule has 0 aromatic carbocycles. The molecule has 0 aliphatic carbocycles. The molecule has 0 radical (unpaired) electrons. The Labute approximate surface area is 145 Å². The Kier molecular flexibility index (Phi) is 5.17. The summed E-state index contributed by atoms with van der Waals surface area (Å²) in [5.41, 5.74) is -0.708. The van der Waals surface area contributed by atoms with Gasteiger partial charge < -0.3 is 19.6 Å². The monoisotopic (exact) mass is 356 g/mol. The number of aromatic carboxylic acids is 1. The SMILES string of the molecule is CC1CN(C(=O)OC(C)(C)C)CCN1c1cc(C(=O)O)nc(Cl)n1. The number of amides is 1. The van der Waals surface area contributed by atoms with Crippen molar-refractivity contribution in [2.45, 2.75) is 39.3 Å². The zero-order valence-corrected chi connectivity index (χ0v) is 14.9. The van der Waals surface area contributed by atoms with Crippen LogP contribution in [-0.4, -0.2) is 63.3 Å². The first-order valence-corrected chi connectivity index (χ1v) is 7.97. The maximum atomic E-state index is 12.2. The average molecular weight is 357 g/mol. The average Bonchev–Trinajstić information content (AvgIpc) is 2.44. The van der Waals surface area contributed by atoms with E-state index < -0.39 is 11.6 Å². The van der Waals surface area contributed by atoms with E-state index in [1.54, 1.807) is 4.90 Å². The van der Waals surface area contributed by atoms with Gasteiger partial charge in [-0.15, -0.1) is 0 Å². The number of anilines is 1. The van der Waals surface area contributed by atoms with Crippen molar-refractivity contribution in [3.05, 3.63) is 17.0 Å². The summed E-state index contributed by atoms with van der Waals surface area (Å²) >= 11 is 5.82. The van der Waals surface area contributed by atoms with Crippen LogP contribution in [0.15, 0.2) is 6.07 Å². The number of ether oxygens (including phenoxy) is 1. The van der Waals surface area contributed by atoms with Gasteiger partial charge in [-0.2, -0.15) is 0 Å². The quantitative estimate of drug-likeness (QED) is 0.812. The van der Waals surface area contributed by atoms with Gasteiger partial charge in [-0.3, -0.25) is 0 Å². The van der Waals surface area contributed by atoms with Crippen molar-refractivity contribution in [1.82, 2.24) is 14.9 Å². The van der Waals surface area contributed by atoms with Gasteiger partial charge in [0.2, 0.25) is 5.28 Å².